The Kier molecular flexibility index (Phi) is 3.56. The van der Waals surface area contributed by atoms with Crippen molar-refractivity contribution in [1.82, 2.24) is 4.90 Å². The van der Waals surface area contributed by atoms with Gasteiger partial charge in [0.15, 0.2) is 0 Å². The highest BCUT2D eigenvalue weighted by molar-refractivity contribution is 7.08. The van der Waals surface area contributed by atoms with Crippen LogP contribution in [0.3, 0.4) is 0 Å². The van der Waals surface area contributed by atoms with Crippen molar-refractivity contribution in [3.05, 3.63) is 22.4 Å². The van der Waals surface area contributed by atoms with E-state index in [2.05, 4.69) is 0 Å². The van der Waals surface area contributed by atoms with Crippen molar-refractivity contribution >= 4 is 28.8 Å². The van der Waals surface area contributed by atoms with Gasteiger partial charge in [0, 0.05) is 24.9 Å². The second-order valence-corrected chi connectivity index (χ2v) is 3.59. The van der Waals surface area contributed by atoms with Crippen LogP contribution in [0.4, 0.5) is 0 Å². The van der Waals surface area contributed by atoms with Crippen LogP contribution in [0.25, 0.3) is 0 Å². The van der Waals surface area contributed by atoms with E-state index in [1.807, 2.05) is 16.8 Å². The molecule has 0 aromatic carbocycles. The molecular formula is C8H10ClNOS. The van der Waals surface area contributed by atoms with Crippen LogP contribution in [0.2, 0.25) is 0 Å². The van der Waals surface area contributed by atoms with Crippen molar-refractivity contribution < 1.29 is 4.79 Å². The molecule has 0 bridgehead atoms. The van der Waals surface area contributed by atoms with Gasteiger partial charge in [-0.1, -0.05) is 0 Å². The summed E-state index contributed by atoms with van der Waals surface area (Å²) in [5, 5.41) is 3.73. The SMILES string of the molecule is CN(CCCl)C(=O)c1ccsc1. The van der Waals surface area contributed by atoms with Gasteiger partial charge in [-0.2, -0.15) is 11.3 Å². The van der Waals surface area contributed by atoms with Crippen molar-refractivity contribution in [2.75, 3.05) is 19.5 Å². The summed E-state index contributed by atoms with van der Waals surface area (Å²) in [6, 6.07) is 1.82. The number of hydrogen-bond acceptors (Lipinski definition) is 2. The number of carbonyl (C=O) groups is 1. The van der Waals surface area contributed by atoms with E-state index >= 15 is 0 Å². The number of halogens is 1. The molecule has 0 unspecified atom stereocenters. The van der Waals surface area contributed by atoms with Gasteiger partial charge >= 0.3 is 0 Å². The molecule has 0 atom stereocenters. The lowest BCUT2D eigenvalue weighted by Crippen LogP contribution is -2.28. The van der Waals surface area contributed by atoms with E-state index in [0.29, 0.717) is 12.4 Å². The van der Waals surface area contributed by atoms with Crippen LogP contribution < -0.4 is 0 Å². The predicted molar refractivity (Wildman–Crippen MR) is 52.0 cm³/mol. The van der Waals surface area contributed by atoms with Gasteiger partial charge in [0.05, 0.1) is 5.56 Å². The van der Waals surface area contributed by atoms with Crippen molar-refractivity contribution in [3.63, 3.8) is 0 Å². The third-order valence-electron chi connectivity index (χ3n) is 1.53. The van der Waals surface area contributed by atoms with Crippen molar-refractivity contribution in [3.8, 4) is 0 Å². The zero-order valence-electron chi connectivity index (χ0n) is 6.79. The number of hydrogen-bond donors (Lipinski definition) is 0. The largest absolute Gasteiger partial charge is 0.340 e. The molecule has 0 aliphatic heterocycles. The minimum atomic E-state index is 0.0388. The van der Waals surface area contributed by atoms with Crippen molar-refractivity contribution in [1.29, 1.82) is 0 Å². The van der Waals surface area contributed by atoms with Crippen LogP contribution in [0.15, 0.2) is 16.8 Å². The molecule has 4 heteroatoms. The smallest absolute Gasteiger partial charge is 0.254 e. The number of nitrogens with zero attached hydrogens (tertiary/aromatic N) is 1. The fourth-order valence-corrected chi connectivity index (χ4v) is 1.72. The second-order valence-electron chi connectivity index (χ2n) is 2.43. The molecular weight excluding hydrogens is 194 g/mol. The lowest BCUT2D eigenvalue weighted by Gasteiger charge is -2.13. The molecule has 2 nitrogen and oxygen atoms in total. The molecule has 0 radical (unpaired) electrons. The highest BCUT2D eigenvalue weighted by atomic mass is 35.5. The molecule has 1 aromatic rings. The lowest BCUT2D eigenvalue weighted by atomic mass is 10.3. The first-order valence-corrected chi connectivity index (χ1v) is 5.07. The molecule has 1 amide bonds. The second kappa shape index (κ2) is 4.48. The van der Waals surface area contributed by atoms with Gasteiger partial charge < -0.3 is 4.90 Å². The normalized spacial score (nSPS) is 9.83. The monoisotopic (exact) mass is 203 g/mol. The molecule has 0 saturated heterocycles. The Bertz CT molecular complexity index is 248. The van der Waals surface area contributed by atoms with E-state index in [1.165, 1.54) is 11.3 Å². The molecule has 0 aliphatic rings. The Morgan fingerprint density at radius 3 is 3.00 bits per heavy atom. The Morgan fingerprint density at radius 2 is 2.50 bits per heavy atom. The van der Waals surface area contributed by atoms with Crippen LogP contribution in [0.1, 0.15) is 10.4 Å². The minimum Gasteiger partial charge on any atom is -0.340 e. The number of rotatable bonds is 3. The maximum absolute atomic E-state index is 11.5. The van der Waals surface area contributed by atoms with E-state index < -0.39 is 0 Å². The number of carbonyl (C=O) groups excluding carboxylic acids is 1. The van der Waals surface area contributed by atoms with Crippen LogP contribution in [0, 0.1) is 0 Å². The maximum atomic E-state index is 11.5. The summed E-state index contributed by atoms with van der Waals surface area (Å²) in [4.78, 5) is 13.1. The Hall–Kier alpha value is -0.540. The number of alkyl halides is 1. The number of amides is 1. The highest BCUT2D eigenvalue weighted by Gasteiger charge is 2.10. The fraction of sp³-hybridized carbons (Fsp3) is 0.375. The molecule has 0 aliphatic carbocycles. The van der Waals surface area contributed by atoms with Gasteiger partial charge in [-0.05, 0) is 11.4 Å². The average molecular weight is 204 g/mol. The molecule has 0 spiro atoms. The first kappa shape index (κ1) is 9.55. The third-order valence-corrected chi connectivity index (χ3v) is 2.39. The molecule has 1 rings (SSSR count). The van der Waals surface area contributed by atoms with Gasteiger partial charge in [-0.25, -0.2) is 0 Å². The first-order chi connectivity index (χ1) is 5.75. The van der Waals surface area contributed by atoms with E-state index in [4.69, 9.17) is 11.6 Å². The molecule has 1 aromatic heterocycles. The summed E-state index contributed by atoms with van der Waals surface area (Å²) in [6.07, 6.45) is 0. The molecule has 0 fully saturated rings. The maximum Gasteiger partial charge on any atom is 0.254 e. The molecule has 0 saturated carbocycles. The quantitative estimate of drug-likeness (QED) is 0.689. The van der Waals surface area contributed by atoms with Crippen LogP contribution >= 0.6 is 22.9 Å². The van der Waals surface area contributed by atoms with Gasteiger partial charge in [0.1, 0.15) is 0 Å². The van der Waals surface area contributed by atoms with E-state index in [-0.39, 0.29) is 5.91 Å². The summed E-state index contributed by atoms with van der Waals surface area (Å²) in [7, 11) is 1.75. The predicted octanol–water partition coefficient (Wildman–Crippen LogP) is 2.06. The zero-order valence-corrected chi connectivity index (χ0v) is 8.36. The summed E-state index contributed by atoms with van der Waals surface area (Å²) in [5.41, 5.74) is 0.743. The Labute approximate surface area is 80.8 Å². The summed E-state index contributed by atoms with van der Waals surface area (Å²) in [6.45, 7) is 0.593. The Balaban J connectivity index is 2.59. The van der Waals surface area contributed by atoms with Gasteiger partial charge in [-0.3, -0.25) is 4.79 Å². The number of thiophene rings is 1. The first-order valence-electron chi connectivity index (χ1n) is 3.59. The zero-order chi connectivity index (χ0) is 8.97. The summed E-state index contributed by atoms with van der Waals surface area (Å²) in [5.74, 6) is 0.517. The van der Waals surface area contributed by atoms with Crippen molar-refractivity contribution in [2.45, 2.75) is 0 Å². The molecule has 66 valence electrons. The Morgan fingerprint density at radius 1 is 1.75 bits per heavy atom. The lowest BCUT2D eigenvalue weighted by molar-refractivity contribution is 0.0804. The fourth-order valence-electron chi connectivity index (χ4n) is 0.835. The van der Waals surface area contributed by atoms with Crippen molar-refractivity contribution in [2.24, 2.45) is 0 Å². The minimum absolute atomic E-state index is 0.0388. The van der Waals surface area contributed by atoms with Crippen LogP contribution in [-0.2, 0) is 0 Å². The van der Waals surface area contributed by atoms with E-state index in [1.54, 1.807) is 11.9 Å². The average Bonchev–Trinajstić information content (AvgIpc) is 2.55. The van der Waals surface area contributed by atoms with E-state index in [9.17, 15) is 4.79 Å². The molecule has 12 heavy (non-hydrogen) atoms. The standard InChI is InChI=1S/C8H10ClNOS/c1-10(4-3-9)8(11)7-2-5-12-6-7/h2,5-6H,3-4H2,1H3. The van der Waals surface area contributed by atoms with Crippen LogP contribution in [0.5, 0.6) is 0 Å². The molecule has 0 N–H and O–H groups in total. The topological polar surface area (TPSA) is 20.3 Å². The van der Waals surface area contributed by atoms with Crippen LogP contribution in [-0.4, -0.2) is 30.3 Å². The van der Waals surface area contributed by atoms with Gasteiger partial charge in [0.2, 0.25) is 0 Å². The van der Waals surface area contributed by atoms with Gasteiger partial charge in [0.25, 0.3) is 5.91 Å². The molecule has 1 heterocycles. The van der Waals surface area contributed by atoms with E-state index in [0.717, 1.165) is 5.56 Å². The summed E-state index contributed by atoms with van der Waals surface area (Å²) < 4.78 is 0. The highest BCUT2D eigenvalue weighted by Crippen LogP contribution is 2.08. The van der Waals surface area contributed by atoms with Gasteiger partial charge in [-0.15, -0.1) is 11.6 Å². The third kappa shape index (κ3) is 2.22. The summed E-state index contributed by atoms with van der Waals surface area (Å²) >= 11 is 7.03.